The number of para-hydroxylation sites is 2. The van der Waals surface area contributed by atoms with Crippen LogP contribution in [0.3, 0.4) is 0 Å². The standard InChI is InChI=1S/C21H23N3O2/c25-21-19-12-17(14-23(19)16-7-5-8-16)26-20-10-2-1-9-18(20)24(21)13-15-6-3-4-11-22-15/h1-4,6,9-11,16-17,19H,5,7-8,12-14H2. The summed E-state index contributed by atoms with van der Waals surface area (Å²) >= 11 is 0. The lowest BCUT2D eigenvalue weighted by atomic mass is 9.91. The van der Waals surface area contributed by atoms with Crippen LogP contribution < -0.4 is 9.64 Å². The zero-order chi connectivity index (χ0) is 17.5. The minimum absolute atomic E-state index is 0.0811. The Morgan fingerprint density at radius 2 is 1.96 bits per heavy atom. The monoisotopic (exact) mass is 349 g/mol. The third-order valence-electron chi connectivity index (χ3n) is 5.89. The third kappa shape index (κ3) is 2.67. The molecule has 0 radical (unpaired) electrons. The van der Waals surface area contributed by atoms with E-state index in [1.165, 1.54) is 19.3 Å². The number of anilines is 1. The first-order chi connectivity index (χ1) is 12.8. The predicted octanol–water partition coefficient (Wildman–Crippen LogP) is 3.00. The van der Waals surface area contributed by atoms with Gasteiger partial charge in [0, 0.05) is 25.2 Å². The van der Waals surface area contributed by atoms with Crippen molar-refractivity contribution in [1.82, 2.24) is 9.88 Å². The number of rotatable bonds is 3. The fourth-order valence-electron chi connectivity index (χ4n) is 4.35. The summed E-state index contributed by atoms with van der Waals surface area (Å²) in [6.07, 6.45) is 6.32. The van der Waals surface area contributed by atoms with E-state index in [-0.39, 0.29) is 18.1 Å². The number of aromatic nitrogens is 1. The summed E-state index contributed by atoms with van der Waals surface area (Å²) in [6, 6.07) is 14.2. The third-order valence-corrected chi connectivity index (χ3v) is 5.89. The van der Waals surface area contributed by atoms with Crippen LogP contribution in [0, 0.1) is 0 Å². The van der Waals surface area contributed by atoms with Gasteiger partial charge < -0.3 is 9.64 Å². The predicted molar refractivity (Wildman–Crippen MR) is 99.0 cm³/mol. The topological polar surface area (TPSA) is 45.7 Å². The summed E-state index contributed by atoms with van der Waals surface area (Å²) in [7, 11) is 0. The van der Waals surface area contributed by atoms with Crippen LogP contribution >= 0.6 is 0 Å². The summed E-state index contributed by atoms with van der Waals surface area (Å²) in [6.45, 7) is 1.33. The van der Waals surface area contributed by atoms with Gasteiger partial charge in [-0.1, -0.05) is 24.6 Å². The normalized spacial score (nSPS) is 25.8. The van der Waals surface area contributed by atoms with Crippen molar-refractivity contribution in [2.24, 2.45) is 0 Å². The van der Waals surface area contributed by atoms with E-state index in [2.05, 4.69) is 9.88 Å². The van der Waals surface area contributed by atoms with Crippen LogP contribution in [-0.4, -0.2) is 40.5 Å². The quantitative estimate of drug-likeness (QED) is 0.855. The zero-order valence-corrected chi connectivity index (χ0v) is 14.8. The lowest BCUT2D eigenvalue weighted by molar-refractivity contribution is -0.124. The van der Waals surface area contributed by atoms with Crippen LogP contribution in [0.15, 0.2) is 48.7 Å². The molecule has 2 aliphatic heterocycles. The highest BCUT2D eigenvalue weighted by atomic mass is 16.5. The number of nitrogens with zero attached hydrogens (tertiary/aromatic N) is 3. The molecule has 2 atom stereocenters. The molecule has 26 heavy (non-hydrogen) atoms. The van der Waals surface area contributed by atoms with Crippen molar-refractivity contribution in [3.63, 3.8) is 0 Å². The minimum Gasteiger partial charge on any atom is -0.487 e. The molecule has 2 bridgehead atoms. The molecular formula is C21H23N3O2. The highest BCUT2D eigenvalue weighted by Crippen LogP contribution is 2.39. The fourth-order valence-corrected chi connectivity index (χ4v) is 4.35. The van der Waals surface area contributed by atoms with Gasteiger partial charge in [-0.3, -0.25) is 14.7 Å². The van der Waals surface area contributed by atoms with Crippen LogP contribution in [0.4, 0.5) is 5.69 Å². The number of pyridine rings is 1. The Morgan fingerprint density at radius 1 is 1.12 bits per heavy atom. The van der Waals surface area contributed by atoms with Crippen LogP contribution in [0.1, 0.15) is 31.4 Å². The molecule has 1 amide bonds. The number of hydrogen-bond acceptors (Lipinski definition) is 4. The largest absolute Gasteiger partial charge is 0.487 e. The second kappa shape index (κ2) is 6.40. The van der Waals surface area contributed by atoms with Crippen LogP contribution in [0.2, 0.25) is 0 Å². The molecule has 0 N–H and O–H groups in total. The number of hydrogen-bond donors (Lipinski definition) is 0. The Hall–Kier alpha value is -2.40. The van der Waals surface area contributed by atoms with Crippen LogP contribution in [0.25, 0.3) is 0 Å². The average Bonchev–Trinajstić information content (AvgIpc) is 3.03. The van der Waals surface area contributed by atoms with Gasteiger partial charge in [-0.25, -0.2) is 0 Å². The van der Waals surface area contributed by atoms with Gasteiger partial charge in [0.15, 0.2) is 0 Å². The van der Waals surface area contributed by atoms with Crippen molar-refractivity contribution < 1.29 is 9.53 Å². The molecule has 5 nitrogen and oxygen atoms in total. The molecule has 134 valence electrons. The van der Waals surface area contributed by atoms with E-state index in [1.54, 1.807) is 6.20 Å². The molecule has 2 fully saturated rings. The second-order valence-electron chi connectivity index (χ2n) is 7.49. The second-order valence-corrected chi connectivity index (χ2v) is 7.49. The molecule has 5 heteroatoms. The Bertz CT molecular complexity index is 806. The molecule has 1 aliphatic carbocycles. The smallest absolute Gasteiger partial charge is 0.244 e. The number of carbonyl (C=O) groups excluding carboxylic acids is 1. The van der Waals surface area contributed by atoms with Crippen molar-refractivity contribution >= 4 is 11.6 Å². The molecular weight excluding hydrogens is 326 g/mol. The molecule has 3 heterocycles. The number of ether oxygens (including phenoxy) is 1. The zero-order valence-electron chi connectivity index (χ0n) is 14.8. The SMILES string of the molecule is O=C1C2CC(CN2C2CCC2)Oc2ccccc2N1Cc1ccccn1. The summed E-state index contributed by atoms with van der Waals surface area (Å²) in [5.74, 6) is 0.983. The van der Waals surface area contributed by atoms with Gasteiger partial charge in [0.25, 0.3) is 0 Å². The van der Waals surface area contributed by atoms with Crippen LogP contribution in [-0.2, 0) is 11.3 Å². The van der Waals surface area contributed by atoms with Gasteiger partial charge in [0.05, 0.1) is 24.0 Å². The Morgan fingerprint density at radius 3 is 2.73 bits per heavy atom. The van der Waals surface area contributed by atoms with Gasteiger partial charge in [0.2, 0.25) is 5.91 Å². The van der Waals surface area contributed by atoms with E-state index < -0.39 is 0 Å². The lowest BCUT2D eigenvalue weighted by Crippen LogP contribution is -2.51. The summed E-state index contributed by atoms with van der Waals surface area (Å²) in [5.41, 5.74) is 1.74. The van der Waals surface area contributed by atoms with E-state index in [9.17, 15) is 4.79 Å². The molecule has 0 spiro atoms. The number of benzene rings is 1. The maximum Gasteiger partial charge on any atom is 0.244 e. The highest BCUT2D eigenvalue weighted by molar-refractivity contribution is 5.99. The molecule has 2 aromatic rings. The average molecular weight is 349 g/mol. The molecule has 1 saturated heterocycles. The van der Waals surface area contributed by atoms with E-state index in [0.29, 0.717) is 12.6 Å². The molecule has 5 rings (SSSR count). The van der Waals surface area contributed by atoms with E-state index in [0.717, 1.165) is 30.1 Å². The molecule has 1 aromatic heterocycles. The first-order valence-electron chi connectivity index (χ1n) is 9.52. The van der Waals surface area contributed by atoms with Gasteiger partial charge in [-0.2, -0.15) is 0 Å². The molecule has 1 saturated carbocycles. The van der Waals surface area contributed by atoms with E-state index >= 15 is 0 Å². The van der Waals surface area contributed by atoms with Crippen molar-refractivity contribution in [2.45, 2.75) is 50.4 Å². The Balaban J connectivity index is 1.53. The lowest BCUT2D eigenvalue weighted by Gasteiger charge is -2.39. The number of amides is 1. The van der Waals surface area contributed by atoms with Crippen molar-refractivity contribution in [1.29, 1.82) is 0 Å². The maximum absolute atomic E-state index is 13.6. The van der Waals surface area contributed by atoms with Crippen molar-refractivity contribution in [3.8, 4) is 5.75 Å². The van der Waals surface area contributed by atoms with Crippen molar-refractivity contribution in [2.75, 3.05) is 11.4 Å². The maximum atomic E-state index is 13.6. The number of carbonyl (C=O) groups is 1. The minimum atomic E-state index is -0.0811. The Labute approximate surface area is 153 Å². The Kier molecular flexibility index (Phi) is 3.89. The van der Waals surface area contributed by atoms with Gasteiger partial charge in [0.1, 0.15) is 11.9 Å². The van der Waals surface area contributed by atoms with Crippen LogP contribution in [0.5, 0.6) is 5.75 Å². The number of fused-ring (bicyclic) bond motifs is 3. The molecule has 3 aliphatic rings. The first-order valence-corrected chi connectivity index (χ1v) is 9.52. The van der Waals surface area contributed by atoms with Crippen molar-refractivity contribution in [3.05, 3.63) is 54.4 Å². The van der Waals surface area contributed by atoms with Gasteiger partial charge in [-0.15, -0.1) is 0 Å². The summed E-state index contributed by atoms with van der Waals surface area (Å²) < 4.78 is 6.34. The highest BCUT2D eigenvalue weighted by Gasteiger charge is 2.46. The molecule has 1 aromatic carbocycles. The summed E-state index contributed by atoms with van der Waals surface area (Å²) in [4.78, 5) is 22.3. The first kappa shape index (κ1) is 15.8. The molecule has 2 unspecified atom stereocenters. The van der Waals surface area contributed by atoms with E-state index in [1.807, 2.05) is 47.4 Å². The fraction of sp³-hybridized carbons (Fsp3) is 0.429. The van der Waals surface area contributed by atoms with E-state index in [4.69, 9.17) is 4.74 Å². The number of likely N-dealkylation sites (tertiary alicyclic amines) is 1. The van der Waals surface area contributed by atoms with Gasteiger partial charge >= 0.3 is 0 Å². The summed E-state index contributed by atoms with van der Waals surface area (Å²) in [5, 5.41) is 0. The van der Waals surface area contributed by atoms with Gasteiger partial charge in [-0.05, 0) is 37.1 Å².